The molecule has 2 heterocycles. The molecule has 140 valence electrons. The zero-order valence-electron chi connectivity index (χ0n) is 16.3. The molecule has 3 aromatic rings. The van der Waals surface area contributed by atoms with Gasteiger partial charge in [0.2, 0.25) is 0 Å². The van der Waals surface area contributed by atoms with E-state index >= 15 is 0 Å². The van der Waals surface area contributed by atoms with Crippen molar-refractivity contribution in [3.05, 3.63) is 65.4 Å². The minimum Gasteiger partial charge on any atom is -0.497 e. The molecule has 0 bridgehead atoms. The Balaban J connectivity index is 1.49. The third kappa shape index (κ3) is 3.37. The lowest BCUT2D eigenvalue weighted by Crippen LogP contribution is -2.31. The maximum Gasteiger partial charge on any atom is 0.119 e. The van der Waals surface area contributed by atoms with E-state index in [1.807, 2.05) is 12.1 Å². The van der Waals surface area contributed by atoms with Crippen molar-refractivity contribution >= 4 is 17.1 Å². The highest BCUT2D eigenvalue weighted by Crippen LogP contribution is 2.29. The van der Waals surface area contributed by atoms with Crippen molar-refractivity contribution in [3.8, 4) is 5.75 Å². The maximum atomic E-state index is 5.34. The van der Waals surface area contributed by atoms with Gasteiger partial charge in [0.15, 0.2) is 0 Å². The van der Waals surface area contributed by atoms with Crippen LogP contribution >= 0.6 is 0 Å². The summed E-state index contributed by atoms with van der Waals surface area (Å²) in [5.41, 5.74) is 5.26. The number of benzene rings is 2. The summed E-state index contributed by atoms with van der Waals surface area (Å²) in [6.45, 7) is 6.22. The lowest BCUT2D eigenvalue weighted by Gasteiger charge is -2.21. The van der Waals surface area contributed by atoms with Crippen LogP contribution in [-0.4, -0.2) is 30.5 Å². The zero-order valence-corrected chi connectivity index (χ0v) is 16.3. The Kier molecular flexibility index (Phi) is 4.99. The third-order valence-electron chi connectivity index (χ3n) is 5.54. The second-order valence-electron chi connectivity index (χ2n) is 7.17. The first kappa shape index (κ1) is 17.8. The molecule has 2 atom stereocenters. The van der Waals surface area contributed by atoms with Crippen LogP contribution in [0.1, 0.15) is 36.7 Å². The van der Waals surface area contributed by atoms with Gasteiger partial charge in [-0.15, -0.1) is 0 Å². The molecule has 0 radical (unpaired) electrons. The highest BCUT2D eigenvalue weighted by molar-refractivity contribution is 5.95. The number of para-hydroxylation sites is 1. The van der Waals surface area contributed by atoms with Crippen LogP contribution in [0, 0.1) is 0 Å². The van der Waals surface area contributed by atoms with E-state index in [0.29, 0.717) is 0 Å². The van der Waals surface area contributed by atoms with Crippen molar-refractivity contribution in [1.29, 1.82) is 0 Å². The number of aromatic nitrogens is 1. The number of nitrogens with one attached hydrogen (secondary N) is 1. The molecule has 0 saturated heterocycles. The molecular weight excluding hydrogens is 334 g/mol. The summed E-state index contributed by atoms with van der Waals surface area (Å²) >= 11 is 0. The van der Waals surface area contributed by atoms with E-state index in [1.165, 1.54) is 27.7 Å². The van der Waals surface area contributed by atoms with Crippen molar-refractivity contribution in [2.45, 2.75) is 38.9 Å². The van der Waals surface area contributed by atoms with E-state index in [4.69, 9.17) is 9.73 Å². The molecule has 1 aliphatic heterocycles. The van der Waals surface area contributed by atoms with Crippen LogP contribution in [0.5, 0.6) is 5.75 Å². The van der Waals surface area contributed by atoms with Gasteiger partial charge in [0.25, 0.3) is 0 Å². The Morgan fingerprint density at radius 1 is 1.22 bits per heavy atom. The smallest absolute Gasteiger partial charge is 0.119 e. The molecule has 1 aliphatic rings. The number of hydrogen-bond acceptors (Lipinski definition) is 3. The summed E-state index contributed by atoms with van der Waals surface area (Å²) in [4.78, 5) is 4.84. The Hall–Kier alpha value is -2.59. The number of hydrogen-bond donors (Lipinski definition) is 1. The monoisotopic (exact) mass is 361 g/mol. The van der Waals surface area contributed by atoms with Crippen LogP contribution in [0.3, 0.4) is 0 Å². The van der Waals surface area contributed by atoms with Gasteiger partial charge < -0.3 is 14.6 Å². The highest BCUT2D eigenvalue weighted by atomic mass is 16.5. The average molecular weight is 361 g/mol. The molecule has 1 aromatic heterocycles. The number of nitrogens with zero attached hydrogens (tertiary/aromatic N) is 2. The molecule has 4 nitrogen and oxygen atoms in total. The summed E-state index contributed by atoms with van der Waals surface area (Å²) in [5, 5.41) is 5.01. The van der Waals surface area contributed by atoms with Gasteiger partial charge in [0.05, 0.1) is 18.8 Å². The molecule has 4 rings (SSSR count). The van der Waals surface area contributed by atoms with E-state index < -0.39 is 0 Å². The maximum absolute atomic E-state index is 5.34. The predicted molar refractivity (Wildman–Crippen MR) is 112 cm³/mol. The standard InChI is InChI=1S/C23H27N3O/c1-4-26-22-11-6-5-10-20(22)21-13-18(25-15-23(21)26)14-24-16(2)17-8-7-9-19(12-17)27-3/h5-12,15-16,18,24H,4,13-14H2,1-3H3. The number of methoxy groups -OCH3 is 1. The third-order valence-corrected chi connectivity index (χ3v) is 5.54. The molecule has 2 unspecified atom stereocenters. The summed E-state index contributed by atoms with van der Waals surface area (Å²) in [7, 11) is 1.71. The van der Waals surface area contributed by atoms with Crippen LogP contribution in [0.25, 0.3) is 10.9 Å². The van der Waals surface area contributed by atoms with Crippen LogP contribution in [0.15, 0.2) is 53.5 Å². The van der Waals surface area contributed by atoms with E-state index in [2.05, 4.69) is 66.3 Å². The molecule has 1 N–H and O–H groups in total. The Labute approximate surface area is 160 Å². The Bertz CT molecular complexity index is 973. The molecule has 27 heavy (non-hydrogen) atoms. The van der Waals surface area contributed by atoms with Crippen molar-refractivity contribution in [1.82, 2.24) is 9.88 Å². The minimum atomic E-state index is 0.258. The second-order valence-corrected chi connectivity index (χ2v) is 7.17. The quantitative estimate of drug-likeness (QED) is 0.708. The van der Waals surface area contributed by atoms with E-state index in [-0.39, 0.29) is 12.1 Å². The van der Waals surface area contributed by atoms with E-state index in [9.17, 15) is 0 Å². The summed E-state index contributed by atoms with van der Waals surface area (Å²) in [6, 6.07) is 17.5. The van der Waals surface area contributed by atoms with Gasteiger partial charge in [-0.05, 0) is 49.6 Å². The van der Waals surface area contributed by atoms with Crippen molar-refractivity contribution in [2.75, 3.05) is 13.7 Å². The van der Waals surface area contributed by atoms with Gasteiger partial charge in [-0.2, -0.15) is 0 Å². The molecule has 0 spiro atoms. The normalized spacial score (nSPS) is 17.1. The lowest BCUT2D eigenvalue weighted by molar-refractivity contribution is 0.413. The number of aliphatic imine (C=N–C) groups is 1. The Morgan fingerprint density at radius 2 is 2.07 bits per heavy atom. The Morgan fingerprint density at radius 3 is 2.89 bits per heavy atom. The van der Waals surface area contributed by atoms with Gasteiger partial charge in [-0.3, -0.25) is 4.99 Å². The summed E-state index contributed by atoms with van der Waals surface area (Å²) in [5.74, 6) is 0.897. The molecule has 0 fully saturated rings. The van der Waals surface area contributed by atoms with E-state index in [1.54, 1.807) is 7.11 Å². The summed E-state index contributed by atoms with van der Waals surface area (Å²) < 4.78 is 7.71. The fourth-order valence-corrected chi connectivity index (χ4v) is 4.03. The first-order valence-electron chi connectivity index (χ1n) is 9.72. The molecule has 0 saturated carbocycles. The van der Waals surface area contributed by atoms with Gasteiger partial charge in [0.1, 0.15) is 5.75 Å². The minimum absolute atomic E-state index is 0.258. The van der Waals surface area contributed by atoms with Crippen LogP contribution in [0.2, 0.25) is 0 Å². The first-order valence-corrected chi connectivity index (χ1v) is 9.72. The van der Waals surface area contributed by atoms with E-state index in [0.717, 1.165) is 25.3 Å². The van der Waals surface area contributed by atoms with Crippen LogP contribution < -0.4 is 10.1 Å². The predicted octanol–water partition coefficient (Wildman–Crippen LogP) is 4.36. The molecular formula is C23H27N3O. The second kappa shape index (κ2) is 7.57. The zero-order chi connectivity index (χ0) is 18.8. The lowest BCUT2D eigenvalue weighted by atomic mass is 9.99. The fourth-order valence-electron chi connectivity index (χ4n) is 4.03. The number of aryl methyl sites for hydroxylation is 1. The molecule has 2 aromatic carbocycles. The molecule has 0 aliphatic carbocycles. The van der Waals surface area contributed by atoms with Crippen molar-refractivity contribution in [3.63, 3.8) is 0 Å². The van der Waals surface area contributed by atoms with Crippen LogP contribution in [0.4, 0.5) is 0 Å². The van der Waals surface area contributed by atoms with Gasteiger partial charge in [-0.1, -0.05) is 30.3 Å². The van der Waals surface area contributed by atoms with Gasteiger partial charge in [0, 0.05) is 36.2 Å². The van der Waals surface area contributed by atoms with Gasteiger partial charge in [-0.25, -0.2) is 0 Å². The largest absolute Gasteiger partial charge is 0.497 e. The SMILES string of the molecule is CCn1c2c(c3ccccc31)CC(CNC(C)c1cccc(OC)c1)N=C2. The first-order chi connectivity index (χ1) is 13.2. The van der Waals surface area contributed by atoms with Crippen LogP contribution in [-0.2, 0) is 13.0 Å². The van der Waals surface area contributed by atoms with Gasteiger partial charge >= 0.3 is 0 Å². The van der Waals surface area contributed by atoms with Crippen molar-refractivity contribution < 1.29 is 4.74 Å². The number of rotatable bonds is 6. The summed E-state index contributed by atoms with van der Waals surface area (Å²) in [6.07, 6.45) is 3.06. The highest BCUT2D eigenvalue weighted by Gasteiger charge is 2.22. The number of fused-ring (bicyclic) bond motifs is 3. The topological polar surface area (TPSA) is 38.5 Å². The molecule has 4 heteroatoms. The van der Waals surface area contributed by atoms with Crippen molar-refractivity contribution in [2.24, 2.45) is 4.99 Å². The average Bonchev–Trinajstić information content (AvgIpc) is 3.05. The fraction of sp³-hybridized carbons (Fsp3) is 0.348. The molecule has 0 amide bonds. The number of ether oxygens (including phenoxy) is 1.